The maximum absolute atomic E-state index is 11.6. The van der Waals surface area contributed by atoms with Crippen molar-refractivity contribution in [2.24, 2.45) is 0 Å². The SMILES string of the molecule is CCN(CC)c1ncc(CN2CC(N3CCNC3=O)C2)s1. The van der Waals surface area contributed by atoms with Crippen molar-refractivity contribution in [1.29, 1.82) is 0 Å². The Morgan fingerprint density at radius 3 is 2.81 bits per heavy atom. The summed E-state index contributed by atoms with van der Waals surface area (Å²) in [5, 5.41) is 3.98. The minimum Gasteiger partial charge on any atom is -0.349 e. The lowest BCUT2D eigenvalue weighted by atomic mass is 10.1. The summed E-state index contributed by atoms with van der Waals surface area (Å²) in [6, 6.07) is 0.490. The Kier molecular flexibility index (Phi) is 4.30. The molecule has 1 aromatic heterocycles. The third kappa shape index (κ3) is 2.98. The van der Waals surface area contributed by atoms with Crippen LogP contribution >= 0.6 is 11.3 Å². The zero-order valence-corrected chi connectivity index (χ0v) is 13.5. The van der Waals surface area contributed by atoms with E-state index in [9.17, 15) is 4.79 Å². The summed E-state index contributed by atoms with van der Waals surface area (Å²) in [7, 11) is 0. The van der Waals surface area contributed by atoms with Crippen LogP contribution in [0.4, 0.5) is 9.93 Å². The second-order valence-corrected chi connectivity index (χ2v) is 6.65. The highest BCUT2D eigenvalue weighted by Gasteiger charge is 2.36. The van der Waals surface area contributed by atoms with Crippen LogP contribution in [0.25, 0.3) is 0 Å². The molecule has 2 aliphatic rings. The van der Waals surface area contributed by atoms with Gasteiger partial charge < -0.3 is 15.1 Å². The molecule has 1 aromatic rings. The molecule has 2 aliphatic heterocycles. The van der Waals surface area contributed by atoms with Crippen LogP contribution in [0, 0.1) is 0 Å². The van der Waals surface area contributed by atoms with Gasteiger partial charge in [0, 0.05) is 56.9 Å². The molecule has 0 aromatic carbocycles. The number of carbonyl (C=O) groups excluding carboxylic acids is 1. The normalized spacial score (nSPS) is 19.7. The number of hydrogen-bond donors (Lipinski definition) is 1. The third-order valence-electron chi connectivity index (χ3n) is 4.22. The maximum Gasteiger partial charge on any atom is 0.317 e. The van der Waals surface area contributed by atoms with Crippen molar-refractivity contribution in [2.75, 3.05) is 44.2 Å². The first-order valence-corrected chi connectivity index (χ1v) is 8.49. The summed E-state index contributed by atoms with van der Waals surface area (Å²) >= 11 is 1.78. The first-order valence-electron chi connectivity index (χ1n) is 7.67. The third-order valence-corrected chi connectivity index (χ3v) is 5.27. The fourth-order valence-corrected chi connectivity index (χ4v) is 4.01. The number of likely N-dealkylation sites (tertiary alicyclic amines) is 1. The molecule has 2 amide bonds. The largest absolute Gasteiger partial charge is 0.349 e. The van der Waals surface area contributed by atoms with Gasteiger partial charge in [-0.2, -0.15) is 0 Å². The molecule has 3 heterocycles. The van der Waals surface area contributed by atoms with E-state index in [-0.39, 0.29) is 6.03 Å². The quantitative estimate of drug-likeness (QED) is 0.858. The summed E-state index contributed by atoms with van der Waals surface area (Å²) < 4.78 is 0. The molecule has 0 atom stereocenters. The molecule has 0 radical (unpaired) electrons. The standard InChI is InChI=1S/C14H23N5OS/c1-3-18(4-2)14-16-7-12(21-14)10-17-8-11(9-17)19-6-5-15-13(19)20/h7,11H,3-6,8-10H2,1-2H3,(H,15,20). The Labute approximate surface area is 129 Å². The van der Waals surface area contributed by atoms with Gasteiger partial charge in [0.15, 0.2) is 5.13 Å². The summed E-state index contributed by atoms with van der Waals surface area (Å²) in [6.45, 7) is 10.9. The fraction of sp³-hybridized carbons (Fsp3) is 0.714. The average molecular weight is 309 g/mol. The minimum absolute atomic E-state index is 0.0984. The zero-order valence-electron chi connectivity index (χ0n) is 12.7. The molecule has 7 heteroatoms. The van der Waals surface area contributed by atoms with Crippen LogP contribution in [0.3, 0.4) is 0 Å². The molecule has 0 saturated carbocycles. The summed E-state index contributed by atoms with van der Waals surface area (Å²) in [4.78, 5) is 24.1. The van der Waals surface area contributed by atoms with Crippen LogP contribution in [0.5, 0.6) is 0 Å². The number of amides is 2. The van der Waals surface area contributed by atoms with Gasteiger partial charge in [0.2, 0.25) is 0 Å². The van der Waals surface area contributed by atoms with Gasteiger partial charge in [-0.1, -0.05) is 0 Å². The van der Waals surface area contributed by atoms with Crippen molar-refractivity contribution in [3.63, 3.8) is 0 Å². The smallest absolute Gasteiger partial charge is 0.317 e. The number of rotatable bonds is 6. The van der Waals surface area contributed by atoms with Crippen molar-refractivity contribution in [3.05, 3.63) is 11.1 Å². The lowest BCUT2D eigenvalue weighted by Crippen LogP contribution is -2.59. The van der Waals surface area contributed by atoms with Crippen molar-refractivity contribution >= 4 is 22.5 Å². The molecule has 116 valence electrons. The second kappa shape index (κ2) is 6.19. The molecule has 1 N–H and O–H groups in total. The van der Waals surface area contributed by atoms with E-state index >= 15 is 0 Å². The Bertz CT molecular complexity index is 495. The molecule has 21 heavy (non-hydrogen) atoms. The van der Waals surface area contributed by atoms with Gasteiger partial charge in [-0.05, 0) is 13.8 Å². The molecule has 3 rings (SSSR count). The van der Waals surface area contributed by atoms with Gasteiger partial charge >= 0.3 is 6.03 Å². The van der Waals surface area contributed by atoms with Gasteiger partial charge in [0.1, 0.15) is 0 Å². The number of hydrogen-bond acceptors (Lipinski definition) is 5. The first kappa shape index (κ1) is 14.6. The molecule has 0 spiro atoms. The highest BCUT2D eigenvalue weighted by Crippen LogP contribution is 2.26. The van der Waals surface area contributed by atoms with Crippen LogP contribution in [0.1, 0.15) is 18.7 Å². The van der Waals surface area contributed by atoms with Crippen molar-refractivity contribution in [3.8, 4) is 0 Å². The van der Waals surface area contributed by atoms with Crippen LogP contribution < -0.4 is 10.2 Å². The molecule has 2 fully saturated rings. The van der Waals surface area contributed by atoms with Crippen molar-refractivity contribution in [2.45, 2.75) is 26.4 Å². The second-order valence-electron chi connectivity index (χ2n) is 5.55. The molecule has 2 saturated heterocycles. The van der Waals surface area contributed by atoms with Gasteiger partial charge in [0.05, 0.1) is 6.04 Å². The Morgan fingerprint density at radius 2 is 2.19 bits per heavy atom. The number of nitrogens with zero attached hydrogens (tertiary/aromatic N) is 4. The first-order chi connectivity index (χ1) is 10.2. The molecular weight excluding hydrogens is 286 g/mol. The van der Waals surface area contributed by atoms with E-state index in [1.165, 1.54) is 4.88 Å². The fourth-order valence-electron chi connectivity index (χ4n) is 2.93. The summed E-state index contributed by atoms with van der Waals surface area (Å²) in [6.07, 6.45) is 1.99. The average Bonchev–Trinajstić information content (AvgIpc) is 3.05. The maximum atomic E-state index is 11.6. The molecule has 0 unspecified atom stereocenters. The lowest BCUT2D eigenvalue weighted by Gasteiger charge is -2.43. The highest BCUT2D eigenvalue weighted by atomic mass is 32.1. The number of nitrogens with one attached hydrogen (secondary N) is 1. The van der Waals surface area contributed by atoms with Crippen LogP contribution in [-0.4, -0.2) is 66.1 Å². The summed E-state index contributed by atoms with van der Waals surface area (Å²) in [5.74, 6) is 0. The Balaban J connectivity index is 1.49. The van der Waals surface area contributed by atoms with E-state index in [1.807, 2.05) is 11.1 Å². The van der Waals surface area contributed by atoms with Gasteiger partial charge in [-0.3, -0.25) is 4.90 Å². The molecule has 0 bridgehead atoms. The van der Waals surface area contributed by atoms with Crippen LogP contribution in [0.15, 0.2) is 6.20 Å². The summed E-state index contributed by atoms with van der Waals surface area (Å²) in [5.41, 5.74) is 0. The van der Waals surface area contributed by atoms with E-state index in [1.54, 1.807) is 11.3 Å². The zero-order chi connectivity index (χ0) is 14.8. The lowest BCUT2D eigenvalue weighted by molar-refractivity contribution is 0.0596. The van der Waals surface area contributed by atoms with Crippen molar-refractivity contribution < 1.29 is 4.79 Å². The van der Waals surface area contributed by atoms with E-state index in [4.69, 9.17) is 0 Å². The van der Waals surface area contributed by atoms with E-state index < -0.39 is 0 Å². The minimum atomic E-state index is 0.0984. The van der Waals surface area contributed by atoms with E-state index in [2.05, 4.69) is 33.9 Å². The van der Waals surface area contributed by atoms with Crippen LogP contribution in [0.2, 0.25) is 0 Å². The highest BCUT2D eigenvalue weighted by molar-refractivity contribution is 7.15. The van der Waals surface area contributed by atoms with Gasteiger partial charge in [-0.25, -0.2) is 9.78 Å². The molecular formula is C14H23N5OS. The van der Waals surface area contributed by atoms with Gasteiger partial charge in [-0.15, -0.1) is 11.3 Å². The van der Waals surface area contributed by atoms with Crippen LogP contribution in [-0.2, 0) is 6.54 Å². The molecule has 6 nitrogen and oxygen atoms in total. The number of urea groups is 1. The van der Waals surface area contributed by atoms with E-state index in [0.717, 1.165) is 50.9 Å². The topological polar surface area (TPSA) is 51.7 Å². The predicted octanol–water partition coefficient (Wildman–Crippen LogP) is 1.20. The van der Waals surface area contributed by atoms with Gasteiger partial charge in [0.25, 0.3) is 0 Å². The number of aromatic nitrogens is 1. The number of thiazole rings is 1. The molecule has 0 aliphatic carbocycles. The predicted molar refractivity (Wildman–Crippen MR) is 84.8 cm³/mol. The van der Waals surface area contributed by atoms with E-state index in [0.29, 0.717) is 6.04 Å². The monoisotopic (exact) mass is 309 g/mol. The van der Waals surface area contributed by atoms with Crippen molar-refractivity contribution in [1.82, 2.24) is 20.1 Å². The Morgan fingerprint density at radius 1 is 1.43 bits per heavy atom. The number of anilines is 1. The number of carbonyl (C=O) groups is 1. The Hall–Kier alpha value is -1.34.